The first-order valence-corrected chi connectivity index (χ1v) is 7.07. The third-order valence-electron chi connectivity index (χ3n) is 3.96. The van der Waals surface area contributed by atoms with Gasteiger partial charge in [-0.1, -0.05) is 18.9 Å². The zero-order valence-corrected chi connectivity index (χ0v) is 11.3. The average Bonchev–Trinajstić information content (AvgIpc) is 2.88. The highest BCUT2D eigenvalue weighted by molar-refractivity contribution is 5.79. The van der Waals surface area contributed by atoms with Crippen molar-refractivity contribution in [1.29, 1.82) is 0 Å². The van der Waals surface area contributed by atoms with E-state index in [2.05, 4.69) is 15.5 Å². The molecule has 6 heteroatoms. The van der Waals surface area contributed by atoms with Gasteiger partial charge < -0.3 is 11.1 Å². The Labute approximate surface area is 117 Å². The number of amides is 1. The van der Waals surface area contributed by atoms with E-state index in [1.54, 1.807) is 0 Å². The van der Waals surface area contributed by atoms with Crippen LogP contribution >= 0.6 is 0 Å². The maximum Gasteiger partial charge on any atom is 0.225 e. The molecule has 0 aliphatic heterocycles. The second kappa shape index (κ2) is 5.58. The lowest BCUT2D eigenvalue weighted by molar-refractivity contribution is -0.126. The van der Waals surface area contributed by atoms with E-state index < -0.39 is 0 Å². The van der Waals surface area contributed by atoms with Crippen LogP contribution in [0, 0.1) is 5.92 Å². The molecule has 0 bridgehead atoms. The molecule has 1 amide bonds. The maximum absolute atomic E-state index is 12.2. The minimum atomic E-state index is -0.0667. The Hall–Kier alpha value is -1.95. The first-order valence-electron chi connectivity index (χ1n) is 7.07. The molecular weight excluding hydrogens is 254 g/mol. The molecule has 2 aromatic heterocycles. The number of carbonyl (C=O) groups is 1. The van der Waals surface area contributed by atoms with Gasteiger partial charge in [-0.25, -0.2) is 0 Å². The van der Waals surface area contributed by atoms with Crippen molar-refractivity contribution in [2.24, 2.45) is 11.7 Å². The molecule has 1 aliphatic carbocycles. The van der Waals surface area contributed by atoms with Gasteiger partial charge >= 0.3 is 0 Å². The summed E-state index contributed by atoms with van der Waals surface area (Å²) in [5.41, 5.74) is 6.81. The topological polar surface area (TPSA) is 85.3 Å². The average molecular weight is 273 g/mol. The van der Waals surface area contributed by atoms with Gasteiger partial charge in [0.2, 0.25) is 5.91 Å². The second-order valence-corrected chi connectivity index (χ2v) is 5.32. The quantitative estimate of drug-likeness (QED) is 0.868. The summed E-state index contributed by atoms with van der Waals surface area (Å²) >= 11 is 0. The van der Waals surface area contributed by atoms with Gasteiger partial charge in [0, 0.05) is 12.2 Å². The third kappa shape index (κ3) is 2.51. The summed E-state index contributed by atoms with van der Waals surface area (Å²) in [4.78, 5) is 12.2. The molecule has 3 N–H and O–H groups in total. The number of rotatable bonds is 3. The van der Waals surface area contributed by atoms with Crippen molar-refractivity contribution >= 4 is 11.6 Å². The lowest BCUT2D eigenvalue weighted by atomic mass is 9.84. The van der Waals surface area contributed by atoms with Crippen molar-refractivity contribution in [3.05, 3.63) is 30.2 Å². The van der Waals surface area contributed by atoms with Crippen LogP contribution in [0.3, 0.4) is 0 Å². The molecule has 6 nitrogen and oxygen atoms in total. The van der Waals surface area contributed by atoms with Gasteiger partial charge in [-0.3, -0.25) is 9.20 Å². The molecule has 20 heavy (non-hydrogen) atoms. The van der Waals surface area contributed by atoms with E-state index in [4.69, 9.17) is 5.73 Å². The number of hydrogen-bond acceptors (Lipinski definition) is 4. The van der Waals surface area contributed by atoms with Crippen LogP contribution in [0.25, 0.3) is 5.65 Å². The fraction of sp³-hybridized carbons (Fsp3) is 0.500. The Kier molecular flexibility index (Phi) is 3.64. The number of nitrogens with zero attached hydrogens (tertiary/aromatic N) is 3. The van der Waals surface area contributed by atoms with Gasteiger partial charge in [0.05, 0.1) is 12.5 Å². The number of fused-ring (bicyclic) bond motifs is 1. The molecule has 2 aromatic rings. The molecule has 2 atom stereocenters. The van der Waals surface area contributed by atoms with E-state index >= 15 is 0 Å². The van der Waals surface area contributed by atoms with Crippen molar-refractivity contribution in [2.75, 3.05) is 0 Å². The number of carbonyl (C=O) groups excluding carboxylic acids is 1. The number of nitrogens with one attached hydrogen (secondary N) is 1. The largest absolute Gasteiger partial charge is 0.348 e. The minimum absolute atomic E-state index is 0.0149. The van der Waals surface area contributed by atoms with E-state index in [0.717, 1.165) is 37.2 Å². The predicted octanol–water partition coefficient (Wildman–Crippen LogP) is 0.863. The molecule has 1 saturated carbocycles. The summed E-state index contributed by atoms with van der Waals surface area (Å²) in [6.45, 7) is 0.382. The monoisotopic (exact) mass is 273 g/mol. The Morgan fingerprint density at radius 2 is 2.20 bits per heavy atom. The zero-order chi connectivity index (χ0) is 13.9. The van der Waals surface area contributed by atoms with E-state index in [9.17, 15) is 4.79 Å². The van der Waals surface area contributed by atoms with Crippen LogP contribution in [-0.2, 0) is 11.3 Å². The fourth-order valence-electron chi connectivity index (χ4n) is 2.79. The Balaban J connectivity index is 1.65. The zero-order valence-electron chi connectivity index (χ0n) is 11.3. The van der Waals surface area contributed by atoms with Gasteiger partial charge in [0.15, 0.2) is 11.5 Å². The number of pyridine rings is 1. The number of aromatic nitrogens is 3. The van der Waals surface area contributed by atoms with Crippen molar-refractivity contribution in [2.45, 2.75) is 38.3 Å². The molecule has 1 fully saturated rings. The van der Waals surface area contributed by atoms with E-state index in [1.165, 1.54) is 0 Å². The lowest BCUT2D eigenvalue weighted by Gasteiger charge is -2.27. The molecular formula is C14H19N5O. The van der Waals surface area contributed by atoms with Crippen LogP contribution in [-0.4, -0.2) is 26.5 Å². The van der Waals surface area contributed by atoms with Crippen molar-refractivity contribution in [3.63, 3.8) is 0 Å². The van der Waals surface area contributed by atoms with Gasteiger partial charge in [-0.15, -0.1) is 10.2 Å². The van der Waals surface area contributed by atoms with Crippen molar-refractivity contribution in [3.8, 4) is 0 Å². The third-order valence-corrected chi connectivity index (χ3v) is 3.96. The van der Waals surface area contributed by atoms with Crippen LogP contribution in [0.5, 0.6) is 0 Å². The molecule has 2 heterocycles. The van der Waals surface area contributed by atoms with Gasteiger partial charge in [-0.05, 0) is 25.0 Å². The summed E-state index contributed by atoms with van der Waals surface area (Å²) in [6.07, 6.45) is 5.92. The Morgan fingerprint density at radius 3 is 3.05 bits per heavy atom. The van der Waals surface area contributed by atoms with E-state index in [0.29, 0.717) is 6.54 Å². The molecule has 0 radical (unpaired) electrons. The predicted molar refractivity (Wildman–Crippen MR) is 74.8 cm³/mol. The summed E-state index contributed by atoms with van der Waals surface area (Å²) in [5.74, 6) is 0.700. The molecule has 3 rings (SSSR count). The van der Waals surface area contributed by atoms with Crippen molar-refractivity contribution in [1.82, 2.24) is 19.9 Å². The van der Waals surface area contributed by atoms with Gasteiger partial charge in [-0.2, -0.15) is 0 Å². The Bertz CT molecular complexity index is 608. The van der Waals surface area contributed by atoms with Crippen LogP contribution < -0.4 is 11.1 Å². The number of hydrogen-bond donors (Lipinski definition) is 2. The molecule has 2 unspecified atom stereocenters. The van der Waals surface area contributed by atoms with Crippen LogP contribution in [0.4, 0.5) is 0 Å². The van der Waals surface area contributed by atoms with Gasteiger partial charge in [0.25, 0.3) is 0 Å². The number of nitrogens with two attached hydrogens (primary N) is 1. The molecule has 0 saturated heterocycles. The molecule has 0 spiro atoms. The van der Waals surface area contributed by atoms with E-state index in [1.807, 2.05) is 28.8 Å². The standard InChI is InChI=1S/C14H19N5O/c15-11-6-2-1-5-10(11)14(20)16-9-13-18-17-12-7-3-4-8-19(12)13/h3-4,7-8,10-11H,1-2,5-6,9,15H2,(H,16,20). The highest BCUT2D eigenvalue weighted by Crippen LogP contribution is 2.23. The minimum Gasteiger partial charge on any atom is -0.348 e. The molecule has 106 valence electrons. The molecule has 0 aromatic carbocycles. The van der Waals surface area contributed by atoms with Crippen LogP contribution in [0.15, 0.2) is 24.4 Å². The normalized spacial score (nSPS) is 22.9. The van der Waals surface area contributed by atoms with E-state index in [-0.39, 0.29) is 17.9 Å². The maximum atomic E-state index is 12.2. The highest BCUT2D eigenvalue weighted by atomic mass is 16.1. The van der Waals surface area contributed by atoms with Crippen molar-refractivity contribution < 1.29 is 4.79 Å². The highest BCUT2D eigenvalue weighted by Gasteiger charge is 2.28. The Morgan fingerprint density at radius 1 is 1.35 bits per heavy atom. The molecule has 1 aliphatic rings. The first kappa shape index (κ1) is 13.1. The summed E-state index contributed by atoms with van der Waals surface area (Å²) < 4.78 is 1.88. The van der Waals surface area contributed by atoms with Crippen LogP contribution in [0.1, 0.15) is 31.5 Å². The summed E-state index contributed by atoms with van der Waals surface area (Å²) in [7, 11) is 0. The second-order valence-electron chi connectivity index (χ2n) is 5.32. The summed E-state index contributed by atoms with van der Waals surface area (Å²) in [5, 5.41) is 11.1. The smallest absolute Gasteiger partial charge is 0.225 e. The fourth-order valence-corrected chi connectivity index (χ4v) is 2.79. The van der Waals surface area contributed by atoms with Gasteiger partial charge in [0.1, 0.15) is 0 Å². The lowest BCUT2D eigenvalue weighted by Crippen LogP contribution is -2.43. The SMILES string of the molecule is NC1CCCCC1C(=O)NCc1nnc2ccccn12. The first-order chi connectivity index (χ1) is 9.75. The van der Waals surface area contributed by atoms with Crippen LogP contribution in [0.2, 0.25) is 0 Å². The summed E-state index contributed by atoms with van der Waals surface area (Å²) in [6, 6.07) is 5.69.